The number of carbonyl (C=O) groups excluding carboxylic acids is 1. The number of carbonyl (C=O) groups is 1. The predicted octanol–water partition coefficient (Wildman–Crippen LogP) is 2.01. The zero-order valence-corrected chi connectivity index (χ0v) is 12.2. The van der Waals surface area contributed by atoms with Crippen molar-refractivity contribution in [2.24, 2.45) is 5.41 Å². The van der Waals surface area contributed by atoms with Crippen LogP contribution in [0, 0.1) is 16.7 Å². The summed E-state index contributed by atoms with van der Waals surface area (Å²) < 4.78 is 0. The van der Waals surface area contributed by atoms with Gasteiger partial charge in [-0.25, -0.2) is 0 Å². The molecular weight excluding hydrogens is 238 g/mol. The van der Waals surface area contributed by atoms with Gasteiger partial charge in [-0.1, -0.05) is 26.2 Å². The van der Waals surface area contributed by atoms with Crippen LogP contribution in [-0.4, -0.2) is 48.4 Å². The standard InChI is InChI=1S/C15H25N3O/c1-3-13-11-18(10-9-17(13)2)14(19)15(12-16)7-5-4-6-8-15/h13H,3-11H2,1-2H3. The van der Waals surface area contributed by atoms with E-state index in [4.69, 9.17) is 0 Å². The number of hydrogen-bond donors (Lipinski definition) is 0. The molecular formula is C15H25N3O. The Hall–Kier alpha value is -1.08. The largest absolute Gasteiger partial charge is 0.338 e. The molecule has 1 unspecified atom stereocenters. The molecule has 1 atom stereocenters. The molecule has 0 aromatic heterocycles. The highest BCUT2D eigenvalue weighted by molar-refractivity contribution is 5.85. The van der Waals surface area contributed by atoms with Crippen LogP contribution in [0.15, 0.2) is 0 Å². The average Bonchev–Trinajstić information content (AvgIpc) is 2.47. The summed E-state index contributed by atoms with van der Waals surface area (Å²) in [5.74, 6) is 0.0984. The lowest BCUT2D eigenvalue weighted by atomic mass is 9.74. The zero-order valence-electron chi connectivity index (χ0n) is 12.2. The van der Waals surface area contributed by atoms with Crippen molar-refractivity contribution in [3.05, 3.63) is 0 Å². The summed E-state index contributed by atoms with van der Waals surface area (Å²) in [6.45, 7) is 4.64. The predicted molar refractivity (Wildman–Crippen MR) is 74.4 cm³/mol. The second kappa shape index (κ2) is 5.92. The monoisotopic (exact) mass is 263 g/mol. The molecule has 19 heavy (non-hydrogen) atoms. The van der Waals surface area contributed by atoms with Crippen molar-refractivity contribution in [2.75, 3.05) is 26.7 Å². The van der Waals surface area contributed by atoms with Crippen molar-refractivity contribution < 1.29 is 4.79 Å². The second-order valence-electron chi connectivity index (χ2n) is 6.05. The minimum atomic E-state index is -0.716. The van der Waals surface area contributed by atoms with E-state index in [1.54, 1.807) is 0 Å². The third kappa shape index (κ3) is 2.76. The molecule has 0 bridgehead atoms. The van der Waals surface area contributed by atoms with Crippen LogP contribution in [0.5, 0.6) is 0 Å². The minimum absolute atomic E-state index is 0.0984. The first-order valence-corrected chi connectivity index (χ1v) is 7.54. The van der Waals surface area contributed by atoms with Gasteiger partial charge in [0.25, 0.3) is 0 Å². The fourth-order valence-corrected chi connectivity index (χ4v) is 3.40. The van der Waals surface area contributed by atoms with E-state index in [9.17, 15) is 10.1 Å². The molecule has 0 spiro atoms. The van der Waals surface area contributed by atoms with Crippen LogP contribution < -0.4 is 0 Å². The number of nitriles is 1. The van der Waals surface area contributed by atoms with Gasteiger partial charge in [0.1, 0.15) is 5.41 Å². The Morgan fingerprint density at radius 1 is 1.32 bits per heavy atom. The normalized spacial score (nSPS) is 27.8. The summed E-state index contributed by atoms with van der Waals surface area (Å²) in [5, 5.41) is 9.51. The van der Waals surface area contributed by atoms with Gasteiger partial charge in [0.05, 0.1) is 6.07 Å². The summed E-state index contributed by atoms with van der Waals surface area (Å²) in [5.41, 5.74) is -0.716. The molecule has 0 radical (unpaired) electrons. The van der Waals surface area contributed by atoms with Crippen LogP contribution in [-0.2, 0) is 4.79 Å². The van der Waals surface area contributed by atoms with Gasteiger partial charge in [-0.05, 0) is 26.3 Å². The summed E-state index contributed by atoms with van der Waals surface area (Å²) in [7, 11) is 2.12. The molecule has 2 fully saturated rings. The van der Waals surface area contributed by atoms with E-state index < -0.39 is 5.41 Å². The first-order valence-electron chi connectivity index (χ1n) is 7.54. The van der Waals surface area contributed by atoms with E-state index in [0.717, 1.165) is 58.2 Å². The molecule has 0 N–H and O–H groups in total. The zero-order chi connectivity index (χ0) is 13.9. The Morgan fingerprint density at radius 2 is 2.00 bits per heavy atom. The van der Waals surface area contributed by atoms with Crippen molar-refractivity contribution in [2.45, 2.75) is 51.5 Å². The molecule has 4 nitrogen and oxygen atoms in total. The lowest BCUT2D eigenvalue weighted by Gasteiger charge is -2.42. The van der Waals surface area contributed by atoms with Crippen molar-refractivity contribution in [3.63, 3.8) is 0 Å². The Morgan fingerprint density at radius 3 is 2.58 bits per heavy atom. The van der Waals surface area contributed by atoms with Gasteiger partial charge in [-0.15, -0.1) is 0 Å². The molecule has 1 saturated carbocycles. The number of nitrogens with zero attached hydrogens (tertiary/aromatic N) is 3. The second-order valence-corrected chi connectivity index (χ2v) is 6.05. The van der Waals surface area contributed by atoms with E-state index in [0.29, 0.717) is 6.04 Å². The summed E-state index contributed by atoms with van der Waals surface area (Å²) in [6.07, 6.45) is 5.77. The maximum absolute atomic E-state index is 12.8. The molecule has 1 heterocycles. The number of likely N-dealkylation sites (N-methyl/N-ethyl adjacent to an activating group) is 1. The lowest BCUT2D eigenvalue weighted by Crippen LogP contribution is -2.56. The number of piperazine rings is 1. The lowest BCUT2D eigenvalue weighted by molar-refractivity contribution is -0.143. The van der Waals surface area contributed by atoms with E-state index in [1.807, 2.05) is 4.90 Å². The fraction of sp³-hybridized carbons (Fsp3) is 0.867. The molecule has 0 aromatic carbocycles. The van der Waals surface area contributed by atoms with Crippen molar-refractivity contribution in [1.82, 2.24) is 9.80 Å². The molecule has 1 saturated heterocycles. The molecule has 1 aliphatic carbocycles. The Balaban J connectivity index is 2.08. The molecule has 4 heteroatoms. The molecule has 1 aliphatic heterocycles. The first kappa shape index (κ1) is 14.3. The SMILES string of the molecule is CCC1CN(C(=O)C2(C#N)CCCCC2)CCN1C. The third-order valence-corrected chi connectivity index (χ3v) is 4.87. The van der Waals surface area contributed by atoms with Crippen LogP contribution in [0.3, 0.4) is 0 Å². The van der Waals surface area contributed by atoms with Gasteiger partial charge < -0.3 is 4.90 Å². The fourth-order valence-electron chi connectivity index (χ4n) is 3.40. The smallest absolute Gasteiger partial charge is 0.243 e. The van der Waals surface area contributed by atoms with Gasteiger partial charge in [0.2, 0.25) is 5.91 Å². The van der Waals surface area contributed by atoms with Gasteiger partial charge in [0.15, 0.2) is 0 Å². The Bertz CT molecular complexity index is 368. The van der Waals surface area contributed by atoms with E-state index in [2.05, 4.69) is 24.9 Å². The minimum Gasteiger partial charge on any atom is -0.338 e. The van der Waals surface area contributed by atoms with Crippen molar-refractivity contribution in [3.8, 4) is 6.07 Å². The average molecular weight is 263 g/mol. The van der Waals surface area contributed by atoms with Gasteiger partial charge in [-0.2, -0.15) is 5.26 Å². The Labute approximate surface area is 116 Å². The molecule has 2 aliphatic rings. The van der Waals surface area contributed by atoms with Crippen LogP contribution in [0.1, 0.15) is 45.4 Å². The molecule has 0 aromatic rings. The van der Waals surface area contributed by atoms with Crippen molar-refractivity contribution >= 4 is 5.91 Å². The molecule has 106 valence electrons. The van der Waals surface area contributed by atoms with E-state index in [1.165, 1.54) is 0 Å². The highest BCUT2D eigenvalue weighted by Crippen LogP contribution is 2.37. The van der Waals surface area contributed by atoms with Crippen LogP contribution >= 0.6 is 0 Å². The van der Waals surface area contributed by atoms with Gasteiger partial charge in [-0.3, -0.25) is 9.69 Å². The first-order chi connectivity index (χ1) is 9.13. The summed E-state index contributed by atoms with van der Waals surface area (Å²) in [4.78, 5) is 17.0. The number of amides is 1. The van der Waals surface area contributed by atoms with Gasteiger partial charge in [0, 0.05) is 25.7 Å². The topological polar surface area (TPSA) is 47.3 Å². The van der Waals surface area contributed by atoms with Crippen LogP contribution in [0.2, 0.25) is 0 Å². The quantitative estimate of drug-likeness (QED) is 0.765. The Kier molecular flexibility index (Phi) is 4.46. The number of rotatable bonds is 2. The van der Waals surface area contributed by atoms with Gasteiger partial charge >= 0.3 is 0 Å². The third-order valence-electron chi connectivity index (χ3n) is 4.87. The van der Waals surface area contributed by atoms with Crippen LogP contribution in [0.25, 0.3) is 0 Å². The molecule has 1 amide bonds. The molecule has 2 rings (SSSR count). The van der Waals surface area contributed by atoms with Crippen molar-refractivity contribution in [1.29, 1.82) is 5.26 Å². The maximum Gasteiger partial charge on any atom is 0.243 e. The van der Waals surface area contributed by atoms with E-state index in [-0.39, 0.29) is 5.91 Å². The summed E-state index contributed by atoms with van der Waals surface area (Å²) >= 11 is 0. The van der Waals surface area contributed by atoms with Crippen LogP contribution in [0.4, 0.5) is 0 Å². The summed E-state index contributed by atoms with van der Waals surface area (Å²) in [6, 6.07) is 2.80. The highest BCUT2D eigenvalue weighted by Gasteiger charge is 2.43. The number of hydrogen-bond acceptors (Lipinski definition) is 3. The van der Waals surface area contributed by atoms with E-state index >= 15 is 0 Å². The maximum atomic E-state index is 12.8. The highest BCUT2D eigenvalue weighted by atomic mass is 16.2.